The minimum Gasteiger partial charge on any atom is -0.420 e. The van der Waals surface area contributed by atoms with Crippen LogP contribution in [0.2, 0.25) is 0 Å². The third kappa shape index (κ3) is 4.10. The van der Waals surface area contributed by atoms with Crippen molar-refractivity contribution in [2.75, 3.05) is 5.32 Å². The highest BCUT2D eigenvalue weighted by Crippen LogP contribution is 2.33. The third-order valence-electron chi connectivity index (χ3n) is 4.40. The second kappa shape index (κ2) is 7.87. The van der Waals surface area contributed by atoms with Crippen molar-refractivity contribution in [1.29, 1.82) is 0 Å². The fraction of sp³-hybridized carbons (Fsp3) is 0.0435. The average molecular weight is 408 g/mol. The highest BCUT2D eigenvalue weighted by molar-refractivity contribution is 6.05. The topological polar surface area (TPSA) is 55.1 Å². The fourth-order valence-electron chi connectivity index (χ4n) is 2.89. The number of hydrogen-bond donors (Lipinski definition) is 1. The van der Waals surface area contributed by atoms with Gasteiger partial charge in [0.05, 0.1) is 5.56 Å². The first-order valence-electron chi connectivity index (χ1n) is 9.02. The number of halogens is 3. The van der Waals surface area contributed by atoms with Crippen molar-refractivity contribution < 1.29 is 22.4 Å². The summed E-state index contributed by atoms with van der Waals surface area (Å²) in [7, 11) is 0. The summed E-state index contributed by atoms with van der Waals surface area (Å²) in [5, 5.41) is 2.62. The summed E-state index contributed by atoms with van der Waals surface area (Å²) in [6.45, 7) is 0. The van der Waals surface area contributed by atoms with Crippen LogP contribution in [-0.4, -0.2) is 10.9 Å². The van der Waals surface area contributed by atoms with E-state index in [1.165, 1.54) is 0 Å². The SMILES string of the molecule is O=C(Nc1oc(-c2ccccc2)nc1-c1ccccc1)c1ccc(C(F)(F)F)cc1. The lowest BCUT2D eigenvalue weighted by Gasteiger charge is -2.08. The van der Waals surface area contributed by atoms with Crippen LogP contribution in [0.5, 0.6) is 0 Å². The van der Waals surface area contributed by atoms with Crippen LogP contribution in [0.4, 0.5) is 19.1 Å². The maximum atomic E-state index is 12.7. The summed E-state index contributed by atoms with van der Waals surface area (Å²) < 4.78 is 44.0. The summed E-state index contributed by atoms with van der Waals surface area (Å²) in [6, 6.07) is 22.3. The van der Waals surface area contributed by atoms with Crippen molar-refractivity contribution in [3.63, 3.8) is 0 Å². The Bertz CT molecular complexity index is 1150. The lowest BCUT2D eigenvalue weighted by Crippen LogP contribution is -2.13. The average Bonchev–Trinajstić information content (AvgIpc) is 3.18. The molecule has 0 saturated heterocycles. The van der Waals surface area contributed by atoms with Crippen LogP contribution in [0, 0.1) is 0 Å². The Labute approximate surface area is 170 Å². The number of amides is 1. The zero-order chi connectivity index (χ0) is 21.1. The predicted octanol–water partition coefficient (Wildman–Crippen LogP) is 6.28. The molecule has 1 amide bonds. The Morgan fingerprint density at radius 2 is 1.37 bits per heavy atom. The van der Waals surface area contributed by atoms with Gasteiger partial charge in [0, 0.05) is 16.7 Å². The van der Waals surface area contributed by atoms with Gasteiger partial charge in [-0.3, -0.25) is 10.1 Å². The van der Waals surface area contributed by atoms with Gasteiger partial charge >= 0.3 is 6.18 Å². The van der Waals surface area contributed by atoms with Crippen molar-refractivity contribution in [3.8, 4) is 22.7 Å². The fourth-order valence-corrected chi connectivity index (χ4v) is 2.89. The summed E-state index contributed by atoms with van der Waals surface area (Å²) in [6.07, 6.45) is -4.47. The van der Waals surface area contributed by atoms with Gasteiger partial charge in [0.15, 0.2) is 0 Å². The van der Waals surface area contributed by atoms with Gasteiger partial charge < -0.3 is 4.42 Å². The molecule has 0 fully saturated rings. The van der Waals surface area contributed by atoms with E-state index in [-0.39, 0.29) is 11.4 Å². The molecule has 0 radical (unpaired) electrons. The van der Waals surface area contributed by atoms with Crippen LogP contribution in [-0.2, 0) is 6.18 Å². The molecule has 1 heterocycles. The number of aromatic nitrogens is 1. The third-order valence-corrected chi connectivity index (χ3v) is 4.40. The Morgan fingerprint density at radius 3 is 1.93 bits per heavy atom. The van der Waals surface area contributed by atoms with Gasteiger partial charge in [0.1, 0.15) is 5.69 Å². The van der Waals surface area contributed by atoms with E-state index in [2.05, 4.69) is 10.3 Å². The van der Waals surface area contributed by atoms with E-state index in [9.17, 15) is 18.0 Å². The Kier molecular flexibility index (Phi) is 5.10. The monoisotopic (exact) mass is 408 g/mol. The number of oxazole rings is 1. The number of rotatable bonds is 4. The minimum absolute atomic E-state index is 0.0691. The van der Waals surface area contributed by atoms with Crippen molar-refractivity contribution in [2.24, 2.45) is 0 Å². The molecule has 3 aromatic carbocycles. The molecule has 0 aliphatic rings. The molecular weight excluding hydrogens is 393 g/mol. The van der Waals surface area contributed by atoms with E-state index >= 15 is 0 Å². The highest BCUT2D eigenvalue weighted by Gasteiger charge is 2.30. The van der Waals surface area contributed by atoms with Crippen LogP contribution in [0.3, 0.4) is 0 Å². The van der Waals surface area contributed by atoms with E-state index in [1.54, 1.807) is 0 Å². The first-order chi connectivity index (χ1) is 14.4. The van der Waals surface area contributed by atoms with Gasteiger partial charge in [0.25, 0.3) is 5.91 Å². The van der Waals surface area contributed by atoms with Gasteiger partial charge in [-0.2, -0.15) is 13.2 Å². The van der Waals surface area contributed by atoms with Crippen LogP contribution >= 0.6 is 0 Å². The molecule has 0 aliphatic carbocycles. The standard InChI is InChI=1S/C23H15F3N2O2/c24-23(25,26)18-13-11-16(12-14-18)20(29)28-22-19(15-7-3-1-4-8-15)27-21(30-22)17-9-5-2-6-10-17/h1-14H,(H,28,29). The lowest BCUT2D eigenvalue weighted by molar-refractivity contribution is -0.137. The number of anilines is 1. The zero-order valence-corrected chi connectivity index (χ0v) is 15.5. The molecule has 1 N–H and O–H groups in total. The maximum absolute atomic E-state index is 12.7. The first-order valence-corrected chi connectivity index (χ1v) is 9.02. The maximum Gasteiger partial charge on any atom is 0.416 e. The molecule has 30 heavy (non-hydrogen) atoms. The summed E-state index contributed by atoms with van der Waals surface area (Å²) in [5.41, 5.74) is 1.13. The number of nitrogens with one attached hydrogen (secondary N) is 1. The van der Waals surface area contributed by atoms with Crippen molar-refractivity contribution in [1.82, 2.24) is 4.98 Å². The number of hydrogen-bond acceptors (Lipinski definition) is 3. The molecule has 0 spiro atoms. The largest absolute Gasteiger partial charge is 0.420 e. The molecule has 0 atom stereocenters. The molecule has 0 saturated carbocycles. The molecule has 150 valence electrons. The van der Waals surface area contributed by atoms with Gasteiger partial charge in [-0.1, -0.05) is 48.5 Å². The van der Waals surface area contributed by atoms with Gasteiger partial charge in [-0.25, -0.2) is 4.98 Å². The lowest BCUT2D eigenvalue weighted by atomic mass is 10.1. The minimum atomic E-state index is -4.47. The Morgan fingerprint density at radius 1 is 0.800 bits per heavy atom. The quantitative estimate of drug-likeness (QED) is 0.432. The Balaban J connectivity index is 1.67. The van der Waals surface area contributed by atoms with Crippen LogP contribution in [0.15, 0.2) is 89.3 Å². The van der Waals surface area contributed by atoms with Crippen molar-refractivity contribution in [2.45, 2.75) is 6.18 Å². The van der Waals surface area contributed by atoms with Crippen LogP contribution in [0.1, 0.15) is 15.9 Å². The second-order valence-electron chi connectivity index (χ2n) is 6.46. The summed E-state index contributed by atoms with van der Waals surface area (Å²) in [4.78, 5) is 17.1. The number of carbonyl (C=O) groups is 1. The Hall–Kier alpha value is -3.87. The first kappa shape index (κ1) is 19.4. The van der Waals surface area contributed by atoms with Gasteiger partial charge in [0.2, 0.25) is 11.8 Å². The molecule has 4 nitrogen and oxygen atoms in total. The van der Waals surface area contributed by atoms with E-state index in [4.69, 9.17) is 4.42 Å². The number of alkyl halides is 3. The molecule has 0 aliphatic heterocycles. The van der Waals surface area contributed by atoms with Crippen molar-refractivity contribution in [3.05, 3.63) is 96.1 Å². The number of carbonyl (C=O) groups excluding carboxylic acids is 1. The highest BCUT2D eigenvalue weighted by atomic mass is 19.4. The smallest absolute Gasteiger partial charge is 0.416 e. The molecule has 4 aromatic rings. The number of nitrogens with zero attached hydrogens (tertiary/aromatic N) is 1. The van der Waals surface area contributed by atoms with E-state index in [0.717, 1.165) is 35.4 Å². The zero-order valence-electron chi connectivity index (χ0n) is 15.5. The summed E-state index contributed by atoms with van der Waals surface area (Å²) >= 11 is 0. The molecule has 1 aromatic heterocycles. The normalized spacial score (nSPS) is 11.3. The van der Waals surface area contributed by atoms with Gasteiger partial charge in [-0.15, -0.1) is 0 Å². The van der Waals surface area contributed by atoms with Crippen LogP contribution < -0.4 is 5.32 Å². The molecule has 0 bridgehead atoms. The summed E-state index contributed by atoms with van der Waals surface area (Å²) in [5.74, 6) is -0.168. The van der Waals surface area contributed by atoms with E-state index in [0.29, 0.717) is 11.6 Å². The predicted molar refractivity (Wildman–Crippen MR) is 107 cm³/mol. The van der Waals surface area contributed by atoms with E-state index < -0.39 is 17.6 Å². The van der Waals surface area contributed by atoms with E-state index in [1.807, 2.05) is 60.7 Å². The molecule has 0 unspecified atom stereocenters. The van der Waals surface area contributed by atoms with Gasteiger partial charge in [-0.05, 0) is 36.4 Å². The molecular formula is C23H15F3N2O2. The van der Waals surface area contributed by atoms with Crippen LogP contribution in [0.25, 0.3) is 22.7 Å². The second-order valence-corrected chi connectivity index (χ2v) is 6.46. The molecule has 7 heteroatoms. The number of benzene rings is 3. The van der Waals surface area contributed by atoms with Crippen molar-refractivity contribution >= 4 is 11.8 Å². The molecule has 4 rings (SSSR count).